The second kappa shape index (κ2) is 6.16. The van der Waals surface area contributed by atoms with Crippen molar-refractivity contribution < 1.29 is 13.9 Å². The van der Waals surface area contributed by atoms with Gasteiger partial charge in [0.1, 0.15) is 5.82 Å². The maximum atomic E-state index is 13.0. The van der Waals surface area contributed by atoms with Crippen molar-refractivity contribution in [2.75, 3.05) is 13.7 Å². The Morgan fingerprint density at radius 3 is 2.57 bits per heavy atom. The number of carbonyl (C=O) groups is 1. The average Bonchev–Trinajstić information content (AvgIpc) is 2.54. The van der Waals surface area contributed by atoms with E-state index in [2.05, 4.69) is 15.9 Å². The lowest BCUT2D eigenvalue weighted by Crippen LogP contribution is -2.41. The summed E-state index contributed by atoms with van der Waals surface area (Å²) >= 11 is 3.19. The second-order valence-electron chi connectivity index (χ2n) is 5.23. The molecular formula is C16H14BrFN2O3. The number of ether oxygens (including phenoxy) is 1. The minimum absolute atomic E-state index is 0.0354. The first-order valence-electron chi connectivity index (χ1n) is 7.02. The van der Waals surface area contributed by atoms with Crippen LogP contribution in [0, 0.1) is 5.82 Å². The van der Waals surface area contributed by atoms with Gasteiger partial charge in [0.15, 0.2) is 11.4 Å². The van der Waals surface area contributed by atoms with Crippen LogP contribution in [0.15, 0.2) is 39.7 Å². The molecule has 5 nitrogen and oxygen atoms in total. The summed E-state index contributed by atoms with van der Waals surface area (Å²) in [5, 5.41) is 0. The SMILES string of the molecule is COc1c2n(cc(Br)c1=O)CCN(Cc1ccc(F)cc1)C2=O. The van der Waals surface area contributed by atoms with Crippen LogP contribution in [0.3, 0.4) is 0 Å². The van der Waals surface area contributed by atoms with Crippen LogP contribution >= 0.6 is 15.9 Å². The zero-order chi connectivity index (χ0) is 16.6. The lowest BCUT2D eigenvalue weighted by Gasteiger charge is -2.31. The number of hydrogen-bond acceptors (Lipinski definition) is 3. The van der Waals surface area contributed by atoms with E-state index >= 15 is 0 Å². The van der Waals surface area contributed by atoms with Gasteiger partial charge in [-0.05, 0) is 33.6 Å². The molecule has 1 aromatic heterocycles. The lowest BCUT2D eigenvalue weighted by atomic mass is 10.1. The quantitative estimate of drug-likeness (QED) is 0.821. The van der Waals surface area contributed by atoms with E-state index in [0.717, 1.165) is 5.56 Å². The van der Waals surface area contributed by atoms with E-state index in [-0.39, 0.29) is 28.6 Å². The first-order valence-corrected chi connectivity index (χ1v) is 7.81. The summed E-state index contributed by atoms with van der Waals surface area (Å²) < 4.78 is 20.2. The molecule has 0 aliphatic carbocycles. The molecule has 2 heterocycles. The summed E-state index contributed by atoms with van der Waals surface area (Å²) in [6.07, 6.45) is 1.60. The van der Waals surface area contributed by atoms with Crippen LogP contribution < -0.4 is 10.2 Å². The topological polar surface area (TPSA) is 51.5 Å². The summed E-state index contributed by atoms with van der Waals surface area (Å²) in [7, 11) is 1.37. The summed E-state index contributed by atoms with van der Waals surface area (Å²) in [5.74, 6) is -0.558. The number of nitrogens with zero attached hydrogens (tertiary/aromatic N) is 2. The molecule has 120 valence electrons. The Balaban J connectivity index is 1.95. The van der Waals surface area contributed by atoms with Gasteiger partial charge in [-0.25, -0.2) is 4.39 Å². The number of methoxy groups -OCH3 is 1. The molecule has 0 radical (unpaired) electrons. The fourth-order valence-corrected chi connectivity index (χ4v) is 3.06. The van der Waals surface area contributed by atoms with Crippen molar-refractivity contribution in [1.82, 2.24) is 9.47 Å². The van der Waals surface area contributed by atoms with Gasteiger partial charge >= 0.3 is 0 Å². The molecule has 7 heteroatoms. The maximum absolute atomic E-state index is 13.0. The smallest absolute Gasteiger partial charge is 0.274 e. The Hall–Kier alpha value is -2.15. The van der Waals surface area contributed by atoms with Crippen molar-refractivity contribution in [3.05, 3.63) is 62.2 Å². The Morgan fingerprint density at radius 2 is 1.91 bits per heavy atom. The van der Waals surface area contributed by atoms with Gasteiger partial charge in [0.2, 0.25) is 5.43 Å². The van der Waals surface area contributed by atoms with Crippen LogP contribution in [-0.4, -0.2) is 29.0 Å². The van der Waals surface area contributed by atoms with Gasteiger partial charge in [0.25, 0.3) is 5.91 Å². The molecule has 0 saturated heterocycles. The predicted octanol–water partition coefficient (Wildman–Crippen LogP) is 2.41. The Labute approximate surface area is 140 Å². The maximum Gasteiger partial charge on any atom is 0.274 e. The molecule has 23 heavy (non-hydrogen) atoms. The standard InChI is InChI=1S/C16H14BrFN2O3/c1-23-15-13-16(22)20(8-10-2-4-11(18)5-3-10)7-6-19(13)9-12(17)14(15)21/h2-5,9H,6-8H2,1H3. The van der Waals surface area contributed by atoms with Gasteiger partial charge in [0, 0.05) is 25.8 Å². The number of rotatable bonds is 3. The lowest BCUT2D eigenvalue weighted by molar-refractivity contribution is 0.0682. The van der Waals surface area contributed by atoms with Gasteiger partial charge in [-0.1, -0.05) is 12.1 Å². The molecule has 0 saturated carbocycles. The highest BCUT2D eigenvalue weighted by molar-refractivity contribution is 9.10. The summed E-state index contributed by atoms with van der Waals surface area (Å²) in [5.41, 5.74) is 0.719. The number of carbonyl (C=O) groups excluding carboxylic acids is 1. The van der Waals surface area contributed by atoms with Crippen molar-refractivity contribution in [2.24, 2.45) is 0 Å². The number of pyridine rings is 1. The van der Waals surface area contributed by atoms with E-state index in [4.69, 9.17) is 4.74 Å². The number of aromatic nitrogens is 1. The molecule has 0 N–H and O–H groups in total. The number of hydrogen-bond donors (Lipinski definition) is 0. The monoisotopic (exact) mass is 380 g/mol. The molecule has 0 bridgehead atoms. The molecule has 2 aromatic rings. The molecule has 0 spiro atoms. The highest BCUT2D eigenvalue weighted by Gasteiger charge is 2.29. The van der Waals surface area contributed by atoms with Gasteiger partial charge in [-0.2, -0.15) is 0 Å². The summed E-state index contributed by atoms with van der Waals surface area (Å²) in [6, 6.07) is 6.01. The van der Waals surface area contributed by atoms with Gasteiger partial charge in [0.05, 0.1) is 11.6 Å². The van der Waals surface area contributed by atoms with Crippen LogP contribution in [0.2, 0.25) is 0 Å². The molecular weight excluding hydrogens is 367 g/mol. The third-order valence-corrected chi connectivity index (χ3v) is 4.35. The van der Waals surface area contributed by atoms with E-state index in [1.165, 1.54) is 19.2 Å². The Bertz CT molecular complexity index is 817. The van der Waals surface area contributed by atoms with Crippen LogP contribution in [0.25, 0.3) is 0 Å². The number of halogens is 2. The van der Waals surface area contributed by atoms with E-state index in [9.17, 15) is 14.0 Å². The zero-order valence-electron chi connectivity index (χ0n) is 12.4. The molecule has 0 unspecified atom stereocenters. The van der Waals surface area contributed by atoms with Gasteiger partial charge in [-0.3, -0.25) is 9.59 Å². The van der Waals surface area contributed by atoms with E-state index < -0.39 is 0 Å². The highest BCUT2D eigenvalue weighted by atomic mass is 79.9. The van der Waals surface area contributed by atoms with E-state index in [1.54, 1.807) is 27.8 Å². The normalized spacial score (nSPS) is 13.9. The molecule has 1 aliphatic heterocycles. The molecule has 1 amide bonds. The number of fused-ring (bicyclic) bond motifs is 1. The Kier molecular flexibility index (Phi) is 4.21. The second-order valence-corrected chi connectivity index (χ2v) is 6.09. The van der Waals surface area contributed by atoms with E-state index in [1.807, 2.05) is 0 Å². The molecule has 0 atom stereocenters. The van der Waals surface area contributed by atoms with E-state index in [0.29, 0.717) is 24.1 Å². The van der Waals surface area contributed by atoms with Crippen LogP contribution in [0.4, 0.5) is 4.39 Å². The molecule has 0 fully saturated rings. The number of benzene rings is 1. The van der Waals surface area contributed by atoms with Crippen molar-refractivity contribution >= 4 is 21.8 Å². The van der Waals surface area contributed by atoms with Crippen LogP contribution in [-0.2, 0) is 13.1 Å². The minimum atomic E-state index is -0.351. The average molecular weight is 381 g/mol. The summed E-state index contributed by atoms with van der Waals surface area (Å²) in [6.45, 7) is 1.41. The Morgan fingerprint density at radius 1 is 1.22 bits per heavy atom. The zero-order valence-corrected chi connectivity index (χ0v) is 14.0. The minimum Gasteiger partial charge on any atom is -0.491 e. The fraction of sp³-hybridized carbons (Fsp3) is 0.250. The first kappa shape index (κ1) is 15.7. The third kappa shape index (κ3) is 2.88. The largest absolute Gasteiger partial charge is 0.491 e. The van der Waals surface area contributed by atoms with Gasteiger partial charge in [-0.15, -0.1) is 0 Å². The first-order chi connectivity index (χ1) is 11.0. The molecule has 1 aliphatic rings. The van der Waals surface area contributed by atoms with Crippen LogP contribution in [0.1, 0.15) is 16.1 Å². The van der Waals surface area contributed by atoms with Gasteiger partial charge < -0.3 is 14.2 Å². The van der Waals surface area contributed by atoms with Crippen molar-refractivity contribution in [3.63, 3.8) is 0 Å². The summed E-state index contributed by atoms with van der Waals surface area (Å²) in [4.78, 5) is 26.5. The number of amides is 1. The predicted molar refractivity (Wildman–Crippen MR) is 86.1 cm³/mol. The third-order valence-electron chi connectivity index (χ3n) is 3.79. The van der Waals surface area contributed by atoms with Crippen LogP contribution in [0.5, 0.6) is 5.75 Å². The molecule has 1 aromatic carbocycles. The van der Waals surface area contributed by atoms with Crippen molar-refractivity contribution in [3.8, 4) is 5.75 Å². The molecule has 3 rings (SSSR count). The van der Waals surface area contributed by atoms with Crippen molar-refractivity contribution in [1.29, 1.82) is 0 Å². The van der Waals surface area contributed by atoms with Crippen molar-refractivity contribution in [2.45, 2.75) is 13.1 Å². The highest BCUT2D eigenvalue weighted by Crippen LogP contribution is 2.24. The fourth-order valence-electron chi connectivity index (χ4n) is 2.63.